The average Bonchev–Trinajstić information content (AvgIpc) is 3.16. The Morgan fingerprint density at radius 1 is 1.53 bits per heavy atom. The third kappa shape index (κ3) is 4.45. The number of benzene rings is 1. The first-order valence-electron chi connectivity index (χ1n) is 6.20. The second-order valence-electron chi connectivity index (χ2n) is 4.60. The highest BCUT2D eigenvalue weighted by molar-refractivity contribution is 9.10. The highest BCUT2D eigenvalue weighted by Crippen LogP contribution is 2.27. The molecule has 0 unspecified atom stereocenters. The second kappa shape index (κ2) is 6.70. The summed E-state index contributed by atoms with van der Waals surface area (Å²) in [5.74, 6) is -0.107. The van der Waals surface area contributed by atoms with Gasteiger partial charge in [0.05, 0.1) is 23.9 Å². The normalized spacial score (nSPS) is 14.7. The molecule has 1 saturated carbocycles. The molecule has 19 heavy (non-hydrogen) atoms. The fraction of sp³-hybridized carbons (Fsp3) is 0.462. The van der Waals surface area contributed by atoms with Crippen LogP contribution in [-0.4, -0.2) is 41.7 Å². The summed E-state index contributed by atoms with van der Waals surface area (Å²) in [6.07, 6.45) is 2.21. The van der Waals surface area contributed by atoms with E-state index in [9.17, 15) is 4.79 Å². The molecule has 0 atom stereocenters. The van der Waals surface area contributed by atoms with Crippen LogP contribution < -0.4 is 5.32 Å². The summed E-state index contributed by atoms with van der Waals surface area (Å²) < 4.78 is 0.871. The topological polar surface area (TPSA) is 52.6 Å². The number of aliphatic hydroxyl groups excluding tert-OH is 1. The van der Waals surface area contributed by atoms with Crippen LogP contribution in [0.25, 0.3) is 0 Å². The number of carbonyl (C=O) groups excluding carboxylic acids is 1. The molecule has 1 aromatic carbocycles. The Hall–Kier alpha value is -0.620. The van der Waals surface area contributed by atoms with Crippen molar-refractivity contribution in [2.24, 2.45) is 0 Å². The molecule has 0 spiro atoms. The summed E-state index contributed by atoms with van der Waals surface area (Å²) in [7, 11) is 0. The summed E-state index contributed by atoms with van der Waals surface area (Å²) >= 11 is 9.37. The lowest BCUT2D eigenvalue weighted by Gasteiger charge is -2.20. The Kier molecular flexibility index (Phi) is 5.21. The van der Waals surface area contributed by atoms with Gasteiger partial charge in [0, 0.05) is 17.1 Å². The van der Waals surface area contributed by atoms with E-state index in [1.807, 2.05) is 11.0 Å². The molecule has 1 aliphatic carbocycles. The Morgan fingerprint density at radius 2 is 2.26 bits per heavy atom. The van der Waals surface area contributed by atoms with Crippen molar-refractivity contribution >= 4 is 39.1 Å². The summed E-state index contributed by atoms with van der Waals surface area (Å²) in [5, 5.41) is 12.3. The van der Waals surface area contributed by atoms with Crippen molar-refractivity contribution in [2.45, 2.75) is 18.9 Å². The maximum absolute atomic E-state index is 12.0. The molecule has 0 heterocycles. The van der Waals surface area contributed by atoms with Gasteiger partial charge >= 0.3 is 0 Å². The van der Waals surface area contributed by atoms with Crippen molar-refractivity contribution in [3.05, 3.63) is 27.7 Å². The quantitative estimate of drug-likeness (QED) is 0.831. The number of hydrogen-bond donors (Lipinski definition) is 2. The van der Waals surface area contributed by atoms with Crippen LogP contribution in [0.2, 0.25) is 5.02 Å². The van der Waals surface area contributed by atoms with Crippen LogP contribution in [0.4, 0.5) is 5.69 Å². The fourth-order valence-corrected chi connectivity index (χ4v) is 2.64. The van der Waals surface area contributed by atoms with Gasteiger partial charge in [-0.2, -0.15) is 0 Å². The average molecular weight is 348 g/mol. The highest BCUT2D eigenvalue weighted by atomic mass is 79.9. The van der Waals surface area contributed by atoms with E-state index in [1.165, 1.54) is 0 Å². The molecule has 1 aliphatic rings. The number of aliphatic hydroxyl groups is 1. The lowest BCUT2D eigenvalue weighted by atomic mass is 10.3. The van der Waals surface area contributed by atoms with E-state index in [0.29, 0.717) is 23.3 Å². The largest absolute Gasteiger partial charge is 0.395 e. The molecule has 0 aliphatic heterocycles. The minimum absolute atomic E-state index is 0.0722. The van der Waals surface area contributed by atoms with Crippen LogP contribution in [0.15, 0.2) is 22.7 Å². The van der Waals surface area contributed by atoms with Crippen molar-refractivity contribution in [1.82, 2.24) is 4.90 Å². The standard InChI is InChI=1S/C13H16BrClN2O2/c14-9-1-4-12(11(15)7-9)16-13(19)8-17(5-6-18)10-2-3-10/h1,4,7,10,18H,2-3,5-6,8H2,(H,16,19). The van der Waals surface area contributed by atoms with Gasteiger partial charge in [-0.25, -0.2) is 0 Å². The van der Waals surface area contributed by atoms with E-state index in [1.54, 1.807) is 12.1 Å². The van der Waals surface area contributed by atoms with Crippen molar-refractivity contribution in [3.63, 3.8) is 0 Å². The third-order valence-corrected chi connectivity index (χ3v) is 3.81. The van der Waals surface area contributed by atoms with Crippen molar-refractivity contribution < 1.29 is 9.90 Å². The van der Waals surface area contributed by atoms with E-state index in [2.05, 4.69) is 21.2 Å². The Labute approximate surface area is 125 Å². The minimum Gasteiger partial charge on any atom is -0.395 e. The Morgan fingerprint density at radius 3 is 2.84 bits per heavy atom. The van der Waals surface area contributed by atoms with Crippen LogP contribution in [0.5, 0.6) is 0 Å². The van der Waals surface area contributed by atoms with Gasteiger partial charge in [0.25, 0.3) is 0 Å². The molecule has 104 valence electrons. The van der Waals surface area contributed by atoms with Crippen LogP contribution >= 0.6 is 27.5 Å². The van der Waals surface area contributed by atoms with Crippen molar-refractivity contribution in [1.29, 1.82) is 0 Å². The smallest absolute Gasteiger partial charge is 0.238 e. The van der Waals surface area contributed by atoms with E-state index >= 15 is 0 Å². The van der Waals surface area contributed by atoms with Crippen molar-refractivity contribution in [3.8, 4) is 0 Å². The van der Waals surface area contributed by atoms with E-state index in [0.717, 1.165) is 17.3 Å². The van der Waals surface area contributed by atoms with Crippen molar-refractivity contribution in [2.75, 3.05) is 25.0 Å². The number of nitrogens with one attached hydrogen (secondary N) is 1. The number of halogens is 2. The summed E-state index contributed by atoms with van der Waals surface area (Å²) in [6, 6.07) is 5.77. The number of anilines is 1. The van der Waals surface area contributed by atoms with Crippen LogP contribution in [0, 0.1) is 0 Å². The molecule has 1 amide bonds. The van der Waals surface area contributed by atoms with E-state index in [4.69, 9.17) is 16.7 Å². The summed E-state index contributed by atoms with van der Waals surface area (Å²) in [4.78, 5) is 14.0. The lowest BCUT2D eigenvalue weighted by Crippen LogP contribution is -2.36. The first kappa shape index (κ1) is 14.8. The van der Waals surface area contributed by atoms with E-state index < -0.39 is 0 Å². The molecular formula is C13H16BrClN2O2. The molecule has 0 radical (unpaired) electrons. The van der Waals surface area contributed by atoms with Gasteiger partial charge in [0.2, 0.25) is 5.91 Å². The van der Waals surface area contributed by atoms with Gasteiger partial charge in [-0.3, -0.25) is 9.69 Å². The molecule has 1 fully saturated rings. The molecule has 1 aromatic rings. The third-order valence-electron chi connectivity index (χ3n) is 3.00. The number of carbonyl (C=O) groups is 1. The van der Waals surface area contributed by atoms with Gasteiger partial charge in [-0.05, 0) is 31.0 Å². The number of rotatable bonds is 6. The fourth-order valence-electron chi connectivity index (χ4n) is 1.92. The Bertz CT molecular complexity index is 466. The Balaban J connectivity index is 1.92. The van der Waals surface area contributed by atoms with Crippen LogP contribution in [0.3, 0.4) is 0 Å². The molecule has 6 heteroatoms. The molecular weight excluding hydrogens is 332 g/mol. The van der Waals surface area contributed by atoms with Crippen LogP contribution in [-0.2, 0) is 4.79 Å². The maximum Gasteiger partial charge on any atom is 0.238 e. The zero-order chi connectivity index (χ0) is 13.8. The van der Waals surface area contributed by atoms with Crippen LogP contribution in [0.1, 0.15) is 12.8 Å². The second-order valence-corrected chi connectivity index (χ2v) is 5.92. The van der Waals surface area contributed by atoms with Gasteiger partial charge in [0.1, 0.15) is 0 Å². The predicted octanol–water partition coefficient (Wildman–Crippen LogP) is 2.50. The molecule has 4 nitrogen and oxygen atoms in total. The summed E-state index contributed by atoms with van der Waals surface area (Å²) in [5.41, 5.74) is 0.606. The van der Waals surface area contributed by atoms with E-state index in [-0.39, 0.29) is 19.1 Å². The zero-order valence-electron chi connectivity index (χ0n) is 10.4. The van der Waals surface area contributed by atoms with Gasteiger partial charge in [0.15, 0.2) is 0 Å². The van der Waals surface area contributed by atoms with Gasteiger partial charge in [-0.1, -0.05) is 27.5 Å². The molecule has 2 rings (SSSR count). The molecule has 0 aromatic heterocycles. The highest BCUT2D eigenvalue weighted by Gasteiger charge is 2.29. The molecule has 0 saturated heterocycles. The molecule has 0 bridgehead atoms. The summed E-state index contributed by atoms with van der Waals surface area (Å²) in [6.45, 7) is 0.895. The first-order chi connectivity index (χ1) is 9.10. The zero-order valence-corrected chi connectivity index (χ0v) is 12.7. The maximum atomic E-state index is 12.0. The lowest BCUT2D eigenvalue weighted by molar-refractivity contribution is -0.117. The number of nitrogens with zero attached hydrogens (tertiary/aromatic N) is 1. The predicted molar refractivity (Wildman–Crippen MR) is 79.5 cm³/mol. The number of hydrogen-bond acceptors (Lipinski definition) is 3. The first-order valence-corrected chi connectivity index (χ1v) is 7.37. The molecule has 2 N–H and O–H groups in total. The minimum atomic E-state index is -0.107. The van der Waals surface area contributed by atoms with Gasteiger partial charge < -0.3 is 10.4 Å². The number of amides is 1. The van der Waals surface area contributed by atoms with Gasteiger partial charge in [-0.15, -0.1) is 0 Å². The monoisotopic (exact) mass is 346 g/mol. The SMILES string of the molecule is O=C(CN(CCO)C1CC1)Nc1ccc(Br)cc1Cl.